The van der Waals surface area contributed by atoms with Crippen molar-refractivity contribution in [1.29, 1.82) is 0 Å². The van der Waals surface area contributed by atoms with Gasteiger partial charge in [0, 0.05) is 15.9 Å². The Morgan fingerprint density at radius 2 is 2.22 bits per heavy atom. The highest BCUT2D eigenvalue weighted by Gasteiger charge is 2.20. The first-order valence-electron chi connectivity index (χ1n) is 4.87. The van der Waals surface area contributed by atoms with E-state index in [4.69, 9.17) is 5.73 Å². The smallest absolute Gasteiger partial charge is 0.274 e. The predicted molar refractivity (Wildman–Crippen MR) is 77.5 cm³/mol. The van der Waals surface area contributed by atoms with Gasteiger partial charge in [-0.3, -0.25) is 4.72 Å². The number of nitrogens with two attached hydrogens (primary N) is 1. The molecule has 0 fully saturated rings. The van der Waals surface area contributed by atoms with E-state index in [-0.39, 0.29) is 10.3 Å². The summed E-state index contributed by atoms with van der Waals surface area (Å²) in [6.07, 6.45) is 0. The molecule has 0 aliphatic carbocycles. The van der Waals surface area contributed by atoms with Gasteiger partial charge >= 0.3 is 0 Å². The molecule has 1 atom stereocenters. The van der Waals surface area contributed by atoms with Crippen LogP contribution in [0.2, 0.25) is 0 Å². The molecular weight excluding hydrogens is 358 g/mol. The molecule has 2 rings (SSSR count). The summed E-state index contributed by atoms with van der Waals surface area (Å²) in [5.41, 5.74) is 6.34. The quantitative estimate of drug-likeness (QED) is 0.869. The number of halogens is 1. The van der Waals surface area contributed by atoms with E-state index < -0.39 is 10.0 Å². The van der Waals surface area contributed by atoms with E-state index >= 15 is 0 Å². The maximum atomic E-state index is 12.1. The van der Waals surface area contributed by atoms with Gasteiger partial charge in [0.2, 0.25) is 0 Å². The molecule has 1 unspecified atom stereocenters. The number of thiazole rings is 1. The molecule has 0 aliphatic rings. The van der Waals surface area contributed by atoms with E-state index in [1.807, 2.05) is 0 Å². The summed E-state index contributed by atoms with van der Waals surface area (Å²) < 4.78 is 27.4. The Labute approximate surface area is 121 Å². The standard InChI is InChI=1S/C9H10BrN3O2S3/c1-5(11)7-4-17-9(12-7)13-18(14,15)8-6(10)2-3-16-8/h2-5H,11H2,1H3,(H,12,13). The molecule has 0 amide bonds. The topological polar surface area (TPSA) is 85.1 Å². The normalized spacial score (nSPS) is 13.5. The molecule has 2 aromatic rings. The zero-order valence-corrected chi connectivity index (χ0v) is 13.3. The van der Waals surface area contributed by atoms with Gasteiger partial charge in [-0.15, -0.1) is 22.7 Å². The van der Waals surface area contributed by atoms with E-state index in [2.05, 4.69) is 25.6 Å². The number of hydrogen-bond acceptors (Lipinski definition) is 6. The third-order valence-corrected chi connectivity index (χ3v) is 6.95. The Bertz CT molecular complexity index is 648. The monoisotopic (exact) mass is 367 g/mol. The average Bonchev–Trinajstić information content (AvgIpc) is 2.86. The zero-order valence-electron chi connectivity index (χ0n) is 9.25. The van der Waals surface area contributed by atoms with Crippen molar-refractivity contribution in [1.82, 2.24) is 4.98 Å². The second-order valence-corrected chi connectivity index (χ2v) is 8.03. The number of anilines is 1. The lowest BCUT2D eigenvalue weighted by atomic mass is 10.3. The lowest BCUT2D eigenvalue weighted by Gasteiger charge is -2.03. The molecule has 18 heavy (non-hydrogen) atoms. The molecule has 0 spiro atoms. The minimum Gasteiger partial charge on any atom is -0.323 e. The SMILES string of the molecule is CC(N)c1csc(NS(=O)(=O)c2sccc2Br)n1. The Morgan fingerprint density at radius 3 is 2.72 bits per heavy atom. The summed E-state index contributed by atoms with van der Waals surface area (Å²) >= 11 is 5.56. The first kappa shape index (κ1) is 13.9. The molecule has 0 saturated carbocycles. The molecule has 0 aromatic carbocycles. The molecule has 0 radical (unpaired) electrons. The van der Waals surface area contributed by atoms with E-state index in [1.165, 1.54) is 11.3 Å². The summed E-state index contributed by atoms with van der Waals surface area (Å²) in [5.74, 6) is 0. The van der Waals surface area contributed by atoms with Crippen LogP contribution in [0.15, 0.2) is 25.5 Å². The second-order valence-electron chi connectivity index (χ2n) is 3.53. The molecule has 2 aromatic heterocycles. The van der Waals surface area contributed by atoms with Gasteiger partial charge in [0.25, 0.3) is 10.0 Å². The zero-order chi connectivity index (χ0) is 13.3. The minimum absolute atomic E-state index is 0.215. The third-order valence-electron chi connectivity index (χ3n) is 2.04. The van der Waals surface area contributed by atoms with Crippen LogP contribution in [0.5, 0.6) is 0 Å². The van der Waals surface area contributed by atoms with E-state index in [0.717, 1.165) is 11.3 Å². The summed E-state index contributed by atoms with van der Waals surface area (Å²) in [4.78, 5) is 4.13. The van der Waals surface area contributed by atoms with Crippen LogP contribution in [0.25, 0.3) is 0 Å². The van der Waals surface area contributed by atoms with Crippen LogP contribution in [0.3, 0.4) is 0 Å². The van der Waals surface area contributed by atoms with Gasteiger partial charge in [0.05, 0.1) is 5.69 Å². The van der Waals surface area contributed by atoms with Crippen molar-refractivity contribution in [3.8, 4) is 0 Å². The van der Waals surface area contributed by atoms with Crippen LogP contribution >= 0.6 is 38.6 Å². The van der Waals surface area contributed by atoms with Crippen molar-refractivity contribution in [2.45, 2.75) is 17.2 Å². The Kier molecular flexibility index (Phi) is 4.07. The van der Waals surface area contributed by atoms with Gasteiger partial charge in [-0.1, -0.05) is 0 Å². The molecule has 0 bridgehead atoms. The summed E-state index contributed by atoms with van der Waals surface area (Å²) in [5, 5.41) is 3.77. The predicted octanol–water partition coefficient (Wildman–Crippen LogP) is 2.79. The van der Waals surface area contributed by atoms with E-state index in [9.17, 15) is 8.42 Å². The summed E-state index contributed by atoms with van der Waals surface area (Å²) in [6, 6.07) is 1.47. The highest BCUT2D eigenvalue weighted by Crippen LogP contribution is 2.30. The van der Waals surface area contributed by atoms with Gasteiger partial charge < -0.3 is 5.73 Å². The van der Waals surface area contributed by atoms with Crippen molar-refractivity contribution in [3.63, 3.8) is 0 Å². The molecule has 2 heterocycles. The van der Waals surface area contributed by atoms with Gasteiger partial charge in [0.1, 0.15) is 0 Å². The lowest BCUT2D eigenvalue weighted by molar-refractivity contribution is 0.602. The first-order valence-corrected chi connectivity index (χ1v) is 8.90. The Hall–Kier alpha value is -0.480. The van der Waals surface area contributed by atoms with Crippen LogP contribution in [-0.4, -0.2) is 13.4 Å². The van der Waals surface area contributed by atoms with Crippen LogP contribution in [0.1, 0.15) is 18.7 Å². The lowest BCUT2D eigenvalue weighted by Crippen LogP contribution is -2.12. The number of hydrogen-bond donors (Lipinski definition) is 2. The molecule has 0 saturated heterocycles. The highest BCUT2D eigenvalue weighted by atomic mass is 79.9. The van der Waals surface area contributed by atoms with Crippen molar-refractivity contribution >= 4 is 53.8 Å². The van der Waals surface area contributed by atoms with Crippen molar-refractivity contribution in [2.24, 2.45) is 5.73 Å². The largest absolute Gasteiger partial charge is 0.323 e. The molecular formula is C9H10BrN3O2S3. The fourth-order valence-electron chi connectivity index (χ4n) is 1.18. The fourth-order valence-corrected chi connectivity index (χ4v) is 5.58. The molecule has 98 valence electrons. The van der Waals surface area contributed by atoms with E-state index in [0.29, 0.717) is 15.3 Å². The molecule has 0 aliphatic heterocycles. The Morgan fingerprint density at radius 1 is 1.50 bits per heavy atom. The number of nitrogens with zero attached hydrogens (tertiary/aromatic N) is 1. The number of thiophene rings is 1. The van der Waals surface area contributed by atoms with Crippen LogP contribution in [0.4, 0.5) is 5.13 Å². The van der Waals surface area contributed by atoms with Crippen LogP contribution in [-0.2, 0) is 10.0 Å². The third kappa shape index (κ3) is 2.91. The van der Waals surface area contributed by atoms with Gasteiger partial charge in [-0.05, 0) is 34.3 Å². The average molecular weight is 368 g/mol. The highest BCUT2D eigenvalue weighted by molar-refractivity contribution is 9.10. The van der Waals surface area contributed by atoms with Gasteiger partial charge in [0.15, 0.2) is 9.34 Å². The number of rotatable bonds is 4. The van der Waals surface area contributed by atoms with E-state index in [1.54, 1.807) is 23.8 Å². The number of aromatic nitrogens is 1. The molecule has 5 nitrogen and oxygen atoms in total. The van der Waals surface area contributed by atoms with Crippen molar-refractivity contribution in [3.05, 3.63) is 27.0 Å². The fraction of sp³-hybridized carbons (Fsp3) is 0.222. The molecule has 3 N–H and O–H groups in total. The maximum Gasteiger partial charge on any atom is 0.274 e. The van der Waals surface area contributed by atoms with Crippen molar-refractivity contribution in [2.75, 3.05) is 4.72 Å². The summed E-state index contributed by atoms with van der Waals surface area (Å²) in [6.45, 7) is 1.79. The van der Waals surface area contributed by atoms with Crippen LogP contribution in [0, 0.1) is 0 Å². The number of sulfonamides is 1. The number of nitrogens with one attached hydrogen (secondary N) is 1. The second kappa shape index (κ2) is 5.25. The molecule has 9 heteroatoms. The van der Waals surface area contributed by atoms with Crippen LogP contribution < -0.4 is 10.5 Å². The Balaban J connectivity index is 2.25. The summed E-state index contributed by atoms with van der Waals surface area (Å²) in [7, 11) is -3.58. The maximum absolute atomic E-state index is 12.1. The minimum atomic E-state index is -3.58. The first-order chi connectivity index (χ1) is 8.40. The van der Waals surface area contributed by atoms with Gasteiger partial charge in [-0.2, -0.15) is 0 Å². The van der Waals surface area contributed by atoms with Crippen molar-refractivity contribution < 1.29 is 8.42 Å². The van der Waals surface area contributed by atoms with Gasteiger partial charge in [-0.25, -0.2) is 13.4 Å².